The summed E-state index contributed by atoms with van der Waals surface area (Å²) in [6.07, 6.45) is 2.59. The number of pyridine rings is 1. The Kier molecular flexibility index (Phi) is 4.55. The highest BCUT2D eigenvalue weighted by molar-refractivity contribution is 6.35. The first-order chi connectivity index (χ1) is 9.65. The van der Waals surface area contributed by atoms with E-state index in [1.165, 1.54) is 0 Å². The number of hydrogen-bond acceptors (Lipinski definition) is 4. The van der Waals surface area contributed by atoms with Crippen molar-refractivity contribution < 1.29 is 9.59 Å². The summed E-state index contributed by atoms with van der Waals surface area (Å²) in [7, 11) is 1.80. The molecule has 0 saturated carbocycles. The van der Waals surface area contributed by atoms with E-state index in [4.69, 9.17) is 0 Å². The van der Waals surface area contributed by atoms with E-state index in [0.717, 1.165) is 17.8 Å². The SMILES string of the molecule is CCCN1CCN(Cc2ccc(NC)nc2)C(=O)C1=O. The summed E-state index contributed by atoms with van der Waals surface area (Å²) in [5, 5.41) is 2.94. The normalized spacial score (nSPS) is 15.7. The predicted octanol–water partition coefficient (Wildman–Crippen LogP) is 0.704. The Bertz CT molecular complexity index is 486. The molecule has 2 heterocycles. The van der Waals surface area contributed by atoms with E-state index < -0.39 is 11.8 Å². The van der Waals surface area contributed by atoms with Gasteiger partial charge in [0.25, 0.3) is 0 Å². The van der Waals surface area contributed by atoms with Gasteiger partial charge < -0.3 is 15.1 Å². The summed E-state index contributed by atoms with van der Waals surface area (Å²) in [6, 6.07) is 3.77. The Morgan fingerprint density at radius 2 is 1.90 bits per heavy atom. The maximum absolute atomic E-state index is 12.0. The second-order valence-corrected chi connectivity index (χ2v) is 4.82. The second kappa shape index (κ2) is 6.36. The molecule has 0 aromatic carbocycles. The lowest BCUT2D eigenvalue weighted by molar-refractivity contribution is -0.156. The highest BCUT2D eigenvalue weighted by atomic mass is 16.2. The number of carbonyl (C=O) groups excluding carboxylic acids is 2. The number of nitrogens with zero attached hydrogens (tertiary/aromatic N) is 3. The Morgan fingerprint density at radius 1 is 1.20 bits per heavy atom. The summed E-state index contributed by atoms with van der Waals surface area (Å²) >= 11 is 0. The molecule has 1 aliphatic heterocycles. The van der Waals surface area contributed by atoms with Gasteiger partial charge >= 0.3 is 11.8 Å². The molecule has 1 aromatic rings. The fraction of sp³-hybridized carbons (Fsp3) is 0.500. The summed E-state index contributed by atoms with van der Waals surface area (Å²) in [4.78, 5) is 31.4. The summed E-state index contributed by atoms with van der Waals surface area (Å²) < 4.78 is 0. The van der Waals surface area contributed by atoms with Crippen molar-refractivity contribution in [3.8, 4) is 0 Å². The van der Waals surface area contributed by atoms with Crippen LogP contribution in [-0.2, 0) is 16.1 Å². The molecular weight excluding hydrogens is 256 g/mol. The van der Waals surface area contributed by atoms with Gasteiger partial charge in [-0.3, -0.25) is 9.59 Å². The van der Waals surface area contributed by atoms with Crippen molar-refractivity contribution >= 4 is 17.6 Å². The van der Waals surface area contributed by atoms with Crippen molar-refractivity contribution in [3.63, 3.8) is 0 Å². The third kappa shape index (κ3) is 3.07. The molecule has 0 spiro atoms. The molecule has 20 heavy (non-hydrogen) atoms. The Hall–Kier alpha value is -2.11. The second-order valence-electron chi connectivity index (χ2n) is 4.82. The molecule has 0 aliphatic carbocycles. The number of hydrogen-bond donors (Lipinski definition) is 1. The molecule has 1 fully saturated rings. The van der Waals surface area contributed by atoms with E-state index in [0.29, 0.717) is 26.2 Å². The molecule has 1 aliphatic rings. The summed E-state index contributed by atoms with van der Waals surface area (Å²) in [5.41, 5.74) is 0.925. The van der Waals surface area contributed by atoms with Crippen LogP contribution in [0.2, 0.25) is 0 Å². The fourth-order valence-corrected chi connectivity index (χ4v) is 2.24. The zero-order valence-corrected chi connectivity index (χ0v) is 11.9. The smallest absolute Gasteiger partial charge is 0.312 e. The average Bonchev–Trinajstić information content (AvgIpc) is 2.48. The van der Waals surface area contributed by atoms with Crippen LogP contribution in [0.1, 0.15) is 18.9 Å². The lowest BCUT2D eigenvalue weighted by Crippen LogP contribution is -2.53. The van der Waals surface area contributed by atoms with Gasteiger partial charge in [-0.2, -0.15) is 0 Å². The third-order valence-electron chi connectivity index (χ3n) is 3.35. The van der Waals surface area contributed by atoms with Crippen molar-refractivity contribution in [2.75, 3.05) is 32.0 Å². The first kappa shape index (κ1) is 14.3. The van der Waals surface area contributed by atoms with Gasteiger partial charge in [-0.15, -0.1) is 0 Å². The van der Waals surface area contributed by atoms with E-state index in [9.17, 15) is 9.59 Å². The van der Waals surface area contributed by atoms with Gasteiger partial charge in [0.15, 0.2) is 0 Å². The average molecular weight is 276 g/mol. The first-order valence-corrected chi connectivity index (χ1v) is 6.86. The highest BCUT2D eigenvalue weighted by Crippen LogP contribution is 2.12. The molecule has 2 amide bonds. The molecule has 0 atom stereocenters. The lowest BCUT2D eigenvalue weighted by atomic mass is 10.2. The van der Waals surface area contributed by atoms with Crippen molar-refractivity contribution in [1.29, 1.82) is 0 Å². The van der Waals surface area contributed by atoms with Crippen LogP contribution in [0.15, 0.2) is 18.3 Å². The van der Waals surface area contributed by atoms with Crippen molar-refractivity contribution in [2.45, 2.75) is 19.9 Å². The molecule has 0 unspecified atom stereocenters. The van der Waals surface area contributed by atoms with Crippen LogP contribution < -0.4 is 5.32 Å². The standard InChI is InChI=1S/C14H20N4O2/c1-3-6-17-7-8-18(14(20)13(17)19)10-11-4-5-12(15-2)16-9-11/h4-5,9H,3,6-8,10H2,1-2H3,(H,15,16). The number of carbonyl (C=O) groups is 2. The van der Waals surface area contributed by atoms with E-state index in [2.05, 4.69) is 10.3 Å². The van der Waals surface area contributed by atoms with Crippen molar-refractivity contribution in [1.82, 2.24) is 14.8 Å². The molecule has 1 aromatic heterocycles. The Morgan fingerprint density at radius 3 is 2.50 bits per heavy atom. The summed E-state index contributed by atoms with van der Waals surface area (Å²) in [5.74, 6) is -0.0239. The van der Waals surface area contributed by atoms with Crippen molar-refractivity contribution in [2.24, 2.45) is 0 Å². The fourth-order valence-electron chi connectivity index (χ4n) is 2.24. The van der Waals surface area contributed by atoms with E-state index in [1.807, 2.05) is 19.1 Å². The monoisotopic (exact) mass is 276 g/mol. The van der Waals surface area contributed by atoms with Gasteiger partial charge in [0.1, 0.15) is 5.82 Å². The van der Waals surface area contributed by atoms with Crippen LogP contribution >= 0.6 is 0 Å². The van der Waals surface area contributed by atoms with Crippen LogP contribution in [0.5, 0.6) is 0 Å². The largest absolute Gasteiger partial charge is 0.373 e. The van der Waals surface area contributed by atoms with E-state index in [1.54, 1.807) is 23.0 Å². The van der Waals surface area contributed by atoms with E-state index >= 15 is 0 Å². The number of rotatable bonds is 5. The number of nitrogens with one attached hydrogen (secondary N) is 1. The molecule has 6 heteroatoms. The van der Waals surface area contributed by atoms with Crippen LogP contribution in [-0.4, -0.2) is 53.3 Å². The number of piperazine rings is 1. The minimum absolute atomic E-state index is 0.391. The molecule has 108 valence electrons. The van der Waals surface area contributed by atoms with Crippen LogP contribution in [0.4, 0.5) is 5.82 Å². The van der Waals surface area contributed by atoms with Gasteiger partial charge in [0.2, 0.25) is 0 Å². The highest BCUT2D eigenvalue weighted by Gasteiger charge is 2.31. The van der Waals surface area contributed by atoms with Gasteiger partial charge in [-0.1, -0.05) is 13.0 Å². The maximum Gasteiger partial charge on any atom is 0.312 e. The quantitative estimate of drug-likeness (QED) is 0.804. The molecule has 2 rings (SSSR count). The molecular formula is C14H20N4O2. The molecule has 1 saturated heterocycles. The zero-order chi connectivity index (χ0) is 14.5. The maximum atomic E-state index is 12.0. The van der Waals surface area contributed by atoms with Crippen LogP contribution in [0.25, 0.3) is 0 Å². The predicted molar refractivity (Wildman–Crippen MR) is 76.1 cm³/mol. The van der Waals surface area contributed by atoms with E-state index in [-0.39, 0.29) is 0 Å². The Balaban J connectivity index is 1.99. The molecule has 6 nitrogen and oxygen atoms in total. The van der Waals surface area contributed by atoms with Gasteiger partial charge in [-0.25, -0.2) is 4.98 Å². The molecule has 0 bridgehead atoms. The summed E-state index contributed by atoms with van der Waals surface area (Å²) in [6.45, 7) is 4.27. The van der Waals surface area contributed by atoms with Gasteiger partial charge in [0, 0.05) is 39.4 Å². The van der Waals surface area contributed by atoms with Crippen LogP contribution in [0, 0.1) is 0 Å². The molecule has 0 radical (unpaired) electrons. The van der Waals surface area contributed by atoms with Gasteiger partial charge in [0.05, 0.1) is 0 Å². The number of aromatic nitrogens is 1. The van der Waals surface area contributed by atoms with Crippen molar-refractivity contribution in [3.05, 3.63) is 23.9 Å². The lowest BCUT2D eigenvalue weighted by Gasteiger charge is -2.33. The minimum Gasteiger partial charge on any atom is -0.373 e. The first-order valence-electron chi connectivity index (χ1n) is 6.86. The number of amides is 2. The zero-order valence-electron chi connectivity index (χ0n) is 11.9. The molecule has 1 N–H and O–H groups in total. The number of anilines is 1. The minimum atomic E-state index is -0.414. The topological polar surface area (TPSA) is 65.5 Å². The Labute approximate surface area is 118 Å². The third-order valence-corrected chi connectivity index (χ3v) is 3.35. The van der Waals surface area contributed by atoms with Gasteiger partial charge in [-0.05, 0) is 18.1 Å². The van der Waals surface area contributed by atoms with Crippen LogP contribution in [0.3, 0.4) is 0 Å².